The Balaban J connectivity index is 0.00000364. The molecule has 1 amide bonds. The number of nitrogens with zero attached hydrogens (tertiary/aromatic N) is 5. The smallest absolute Gasteiger partial charge is 0.402 e. The molecule has 148 valence electrons. The minimum Gasteiger partial charge on any atom is -0.402 e. The Morgan fingerprint density at radius 3 is 2.78 bits per heavy atom. The number of halogens is 1. The van der Waals surface area contributed by atoms with Crippen molar-refractivity contribution in [1.29, 1.82) is 0 Å². The SMILES string of the molecule is Cl.NC(CCCCOB(O)O)c1nnnn1CC(=O)NCc1ccncc1. The second kappa shape index (κ2) is 12.3. The first kappa shape index (κ1) is 22.9. The van der Waals surface area contributed by atoms with Crippen LogP contribution in [0.4, 0.5) is 0 Å². The molecule has 0 spiro atoms. The van der Waals surface area contributed by atoms with Crippen LogP contribution in [0.25, 0.3) is 0 Å². The Kier molecular flexibility index (Phi) is 10.4. The predicted octanol–water partition coefficient (Wildman–Crippen LogP) is -1.04. The fraction of sp³-hybridized carbons (Fsp3) is 0.500. The molecule has 5 N–H and O–H groups in total. The highest BCUT2D eigenvalue weighted by atomic mass is 35.5. The summed E-state index contributed by atoms with van der Waals surface area (Å²) in [6, 6.07) is 3.20. The summed E-state index contributed by atoms with van der Waals surface area (Å²) >= 11 is 0. The lowest BCUT2D eigenvalue weighted by Gasteiger charge is -2.12. The number of carbonyl (C=O) groups excluding carboxylic acids is 1. The third-order valence-corrected chi connectivity index (χ3v) is 3.60. The lowest BCUT2D eigenvalue weighted by atomic mass is 10.1. The van der Waals surface area contributed by atoms with Crippen LogP contribution in [-0.4, -0.2) is 55.1 Å². The molecular weight excluding hydrogens is 376 g/mol. The van der Waals surface area contributed by atoms with Crippen LogP contribution in [0.1, 0.15) is 36.7 Å². The highest BCUT2D eigenvalue weighted by molar-refractivity contribution is 6.32. The van der Waals surface area contributed by atoms with E-state index in [-0.39, 0.29) is 31.5 Å². The third-order valence-electron chi connectivity index (χ3n) is 3.60. The minimum atomic E-state index is -1.76. The Morgan fingerprint density at radius 2 is 2.07 bits per heavy atom. The molecule has 0 bridgehead atoms. The Labute approximate surface area is 162 Å². The van der Waals surface area contributed by atoms with Crippen molar-refractivity contribution in [2.75, 3.05) is 6.61 Å². The van der Waals surface area contributed by atoms with Crippen molar-refractivity contribution >= 4 is 25.6 Å². The fourth-order valence-corrected chi connectivity index (χ4v) is 2.27. The number of unbranched alkanes of at least 4 members (excludes halogenated alkanes) is 1. The first-order valence-electron chi connectivity index (χ1n) is 8.21. The molecule has 1 unspecified atom stereocenters. The van der Waals surface area contributed by atoms with Crippen LogP contribution in [0.3, 0.4) is 0 Å². The van der Waals surface area contributed by atoms with Crippen LogP contribution in [0, 0.1) is 0 Å². The molecule has 2 rings (SSSR count). The van der Waals surface area contributed by atoms with E-state index >= 15 is 0 Å². The molecule has 0 saturated heterocycles. The summed E-state index contributed by atoms with van der Waals surface area (Å²) in [6.45, 7) is 0.579. The van der Waals surface area contributed by atoms with E-state index < -0.39 is 13.4 Å². The average molecular weight is 400 g/mol. The second-order valence-corrected chi connectivity index (χ2v) is 5.63. The van der Waals surface area contributed by atoms with E-state index in [1.54, 1.807) is 12.4 Å². The van der Waals surface area contributed by atoms with Crippen LogP contribution in [0.2, 0.25) is 0 Å². The second-order valence-electron chi connectivity index (χ2n) is 5.63. The molecule has 2 heterocycles. The van der Waals surface area contributed by atoms with Crippen LogP contribution in [-0.2, 0) is 22.5 Å². The van der Waals surface area contributed by atoms with Crippen LogP contribution >= 0.6 is 12.4 Å². The van der Waals surface area contributed by atoms with Crippen LogP contribution < -0.4 is 11.1 Å². The van der Waals surface area contributed by atoms with Gasteiger partial charge in [-0.25, -0.2) is 4.68 Å². The van der Waals surface area contributed by atoms with Gasteiger partial charge < -0.3 is 25.8 Å². The maximum Gasteiger partial charge on any atom is 0.633 e. The predicted molar refractivity (Wildman–Crippen MR) is 98.1 cm³/mol. The summed E-state index contributed by atoms with van der Waals surface area (Å²) in [6.07, 6.45) is 5.19. The summed E-state index contributed by atoms with van der Waals surface area (Å²) in [5.74, 6) is 0.195. The number of amides is 1. The summed E-state index contributed by atoms with van der Waals surface area (Å²) in [4.78, 5) is 16.0. The Bertz CT molecular complexity index is 676. The highest BCUT2D eigenvalue weighted by Gasteiger charge is 2.17. The number of carbonyl (C=O) groups is 1. The van der Waals surface area contributed by atoms with Gasteiger partial charge in [-0.1, -0.05) is 0 Å². The van der Waals surface area contributed by atoms with E-state index in [2.05, 4.69) is 30.5 Å². The molecule has 13 heteroatoms. The number of aromatic nitrogens is 5. The highest BCUT2D eigenvalue weighted by Crippen LogP contribution is 2.13. The van der Waals surface area contributed by atoms with Gasteiger partial charge in [0.05, 0.1) is 6.04 Å². The van der Waals surface area contributed by atoms with E-state index in [0.717, 1.165) is 5.56 Å². The standard InChI is InChI=1S/C14H22BN7O4.ClH/c16-12(3-1-2-8-26-15(24)25)14-19-20-21-22(14)10-13(23)18-9-11-4-6-17-7-5-11;/h4-7,12,24-25H,1-3,8-10,16H2,(H,18,23);1H. The van der Waals surface area contributed by atoms with Crippen molar-refractivity contribution in [1.82, 2.24) is 30.5 Å². The van der Waals surface area contributed by atoms with Gasteiger partial charge >= 0.3 is 7.32 Å². The molecule has 0 aromatic carbocycles. The van der Waals surface area contributed by atoms with Gasteiger partial charge in [-0.3, -0.25) is 9.78 Å². The van der Waals surface area contributed by atoms with Gasteiger partial charge in [0.1, 0.15) is 6.54 Å². The largest absolute Gasteiger partial charge is 0.633 e. The number of hydrogen-bond acceptors (Lipinski definition) is 9. The van der Waals surface area contributed by atoms with Crippen molar-refractivity contribution in [3.05, 3.63) is 35.9 Å². The van der Waals surface area contributed by atoms with Gasteiger partial charge in [0.2, 0.25) is 5.91 Å². The molecule has 0 fully saturated rings. The van der Waals surface area contributed by atoms with Crippen LogP contribution in [0.15, 0.2) is 24.5 Å². The number of rotatable bonds is 11. The first-order chi connectivity index (χ1) is 12.6. The maximum absolute atomic E-state index is 12.1. The molecule has 2 aromatic rings. The van der Waals surface area contributed by atoms with E-state index in [0.29, 0.717) is 31.6 Å². The van der Waals surface area contributed by atoms with Gasteiger partial charge in [0.15, 0.2) is 5.82 Å². The minimum absolute atomic E-state index is 0. The normalized spacial score (nSPS) is 11.5. The van der Waals surface area contributed by atoms with Gasteiger partial charge in [0, 0.05) is 25.5 Å². The van der Waals surface area contributed by atoms with Gasteiger partial charge in [-0.15, -0.1) is 17.5 Å². The number of nitrogens with one attached hydrogen (secondary N) is 1. The van der Waals surface area contributed by atoms with Crippen molar-refractivity contribution in [3.8, 4) is 0 Å². The molecule has 0 aliphatic heterocycles. The van der Waals surface area contributed by atoms with E-state index in [1.807, 2.05) is 12.1 Å². The Morgan fingerprint density at radius 1 is 1.33 bits per heavy atom. The third kappa shape index (κ3) is 8.41. The monoisotopic (exact) mass is 399 g/mol. The van der Waals surface area contributed by atoms with Gasteiger partial charge in [0.25, 0.3) is 0 Å². The zero-order chi connectivity index (χ0) is 18.8. The maximum atomic E-state index is 12.1. The molecule has 1 atom stereocenters. The van der Waals surface area contributed by atoms with Crippen molar-refractivity contribution < 1.29 is 19.5 Å². The summed E-state index contributed by atoms with van der Waals surface area (Å²) in [5, 5.41) is 31.2. The molecule has 2 aromatic heterocycles. The Hall–Kier alpha value is -2.12. The first-order valence-corrected chi connectivity index (χ1v) is 8.21. The topological polar surface area (TPSA) is 161 Å². The van der Waals surface area contributed by atoms with Crippen molar-refractivity contribution in [2.45, 2.75) is 38.4 Å². The number of pyridine rings is 1. The quantitative estimate of drug-likeness (QED) is 0.273. The number of hydrogen-bond donors (Lipinski definition) is 4. The molecular formula is C14H23BClN7O4. The zero-order valence-corrected chi connectivity index (χ0v) is 15.5. The molecule has 0 aliphatic carbocycles. The van der Waals surface area contributed by atoms with Gasteiger partial charge in [-0.05, 0) is 47.4 Å². The molecule has 0 saturated carbocycles. The summed E-state index contributed by atoms with van der Waals surface area (Å²) in [5.41, 5.74) is 7.02. The average Bonchev–Trinajstić information content (AvgIpc) is 3.08. The summed E-state index contributed by atoms with van der Waals surface area (Å²) < 4.78 is 6.00. The lowest BCUT2D eigenvalue weighted by molar-refractivity contribution is -0.122. The zero-order valence-electron chi connectivity index (χ0n) is 14.6. The molecule has 0 radical (unpaired) electrons. The van der Waals surface area contributed by atoms with E-state index in [1.165, 1.54) is 4.68 Å². The van der Waals surface area contributed by atoms with Crippen LogP contribution in [0.5, 0.6) is 0 Å². The summed E-state index contributed by atoms with van der Waals surface area (Å²) in [7, 11) is -1.76. The van der Waals surface area contributed by atoms with Crippen molar-refractivity contribution in [3.63, 3.8) is 0 Å². The fourth-order valence-electron chi connectivity index (χ4n) is 2.27. The lowest BCUT2D eigenvalue weighted by Crippen LogP contribution is -2.29. The van der Waals surface area contributed by atoms with E-state index in [9.17, 15) is 4.79 Å². The molecule has 11 nitrogen and oxygen atoms in total. The molecule has 27 heavy (non-hydrogen) atoms. The van der Waals surface area contributed by atoms with Crippen molar-refractivity contribution in [2.24, 2.45) is 5.73 Å². The molecule has 0 aliphatic rings. The van der Waals surface area contributed by atoms with Gasteiger partial charge in [-0.2, -0.15) is 0 Å². The number of nitrogens with two attached hydrogens (primary N) is 1. The van der Waals surface area contributed by atoms with E-state index in [4.69, 9.17) is 15.8 Å². The number of tetrazole rings is 1.